The third kappa shape index (κ3) is 5.68. The van der Waals surface area contributed by atoms with Crippen LogP contribution in [0.2, 0.25) is 0 Å². The molecule has 0 bridgehead atoms. The van der Waals surface area contributed by atoms with Gasteiger partial charge in [-0.25, -0.2) is 4.98 Å². The molecule has 0 aliphatic rings. The lowest BCUT2D eigenvalue weighted by Gasteiger charge is -2.19. The van der Waals surface area contributed by atoms with Crippen LogP contribution in [0.4, 0.5) is 5.69 Å². The Morgan fingerprint density at radius 2 is 1.02 bits per heavy atom. The molecule has 0 radical (unpaired) electrons. The molecule has 5 aromatic rings. The molecule has 0 unspecified atom stereocenters. The summed E-state index contributed by atoms with van der Waals surface area (Å²) in [6.07, 6.45) is 0. The number of benzene rings is 4. The molecule has 0 spiro atoms. The number of anilines is 1. The number of rotatable bonds is 9. The first-order valence-corrected chi connectivity index (χ1v) is 13.3. The fourth-order valence-electron chi connectivity index (χ4n) is 4.90. The summed E-state index contributed by atoms with van der Waals surface area (Å²) in [7, 11) is 10.7. The van der Waals surface area contributed by atoms with Crippen LogP contribution in [0.5, 0.6) is 23.0 Å². The maximum absolute atomic E-state index is 5.78. The molecule has 0 atom stereocenters. The van der Waals surface area contributed by atoms with E-state index < -0.39 is 0 Å². The van der Waals surface area contributed by atoms with Crippen LogP contribution in [0.1, 0.15) is 0 Å². The minimum atomic E-state index is 0.673. The van der Waals surface area contributed by atoms with E-state index >= 15 is 0 Å². The van der Waals surface area contributed by atoms with E-state index in [0.717, 1.165) is 50.5 Å². The maximum Gasteiger partial charge on any atom is 0.131 e. The second kappa shape index (κ2) is 12.0. The summed E-state index contributed by atoms with van der Waals surface area (Å²) in [5.41, 5.74) is 8.72. The third-order valence-corrected chi connectivity index (χ3v) is 7.11. The van der Waals surface area contributed by atoms with Gasteiger partial charge in [0.15, 0.2) is 0 Å². The van der Waals surface area contributed by atoms with Crippen LogP contribution in [-0.2, 0) is 0 Å². The summed E-state index contributed by atoms with van der Waals surface area (Å²) < 4.78 is 22.5. The zero-order valence-corrected chi connectivity index (χ0v) is 24.3. The van der Waals surface area contributed by atoms with Gasteiger partial charge in [-0.05, 0) is 70.8 Å². The predicted molar refractivity (Wildman–Crippen MR) is 167 cm³/mol. The molecule has 5 rings (SSSR count). The Labute approximate surface area is 241 Å². The van der Waals surface area contributed by atoms with E-state index in [1.165, 1.54) is 0 Å². The molecule has 0 saturated carbocycles. The van der Waals surface area contributed by atoms with Gasteiger partial charge in [0.1, 0.15) is 23.0 Å². The Morgan fingerprint density at radius 3 is 1.51 bits per heavy atom. The molecule has 0 N–H and O–H groups in total. The average molecular weight is 547 g/mol. The van der Waals surface area contributed by atoms with E-state index in [0.29, 0.717) is 23.0 Å². The lowest BCUT2D eigenvalue weighted by atomic mass is 9.92. The van der Waals surface area contributed by atoms with E-state index in [1.807, 2.05) is 42.5 Å². The number of nitrogens with zero attached hydrogens (tertiary/aromatic N) is 2. The van der Waals surface area contributed by atoms with Crippen molar-refractivity contribution in [3.63, 3.8) is 0 Å². The van der Waals surface area contributed by atoms with Crippen LogP contribution < -0.4 is 23.8 Å². The van der Waals surface area contributed by atoms with Gasteiger partial charge in [0.2, 0.25) is 0 Å². The first-order valence-electron chi connectivity index (χ1n) is 13.3. The topological polar surface area (TPSA) is 53.1 Å². The molecule has 0 fully saturated rings. The van der Waals surface area contributed by atoms with Crippen LogP contribution >= 0.6 is 0 Å². The summed E-state index contributed by atoms with van der Waals surface area (Å²) in [5, 5.41) is 0. The molecular formula is C35H34N2O4. The number of ether oxygens (including phenoxy) is 4. The van der Waals surface area contributed by atoms with Gasteiger partial charge in [-0.15, -0.1) is 0 Å². The molecule has 0 saturated heterocycles. The van der Waals surface area contributed by atoms with E-state index in [1.54, 1.807) is 28.4 Å². The molecule has 0 aliphatic carbocycles. The van der Waals surface area contributed by atoms with E-state index in [9.17, 15) is 0 Å². The van der Waals surface area contributed by atoms with Crippen molar-refractivity contribution in [2.24, 2.45) is 0 Å². The zero-order chi connectivity index (χ0) is 28.9. The molecule has 0 amide bonds. The molecule has 208 valence electrons. The second-order valence-electron chi connectivity index (χ2n) is 9.75. The summed E-state index contributed by atoms with van der Waals surface area (Å²) in [6.45, 7) is 0. The maximum atomic E-state index is 5.78. The van der Waals surface area contributed by atoms with Gasteiger partial charge in [-0.1, -0.05) is 36.4 Å². The van der Waals surface area contributed by atoms with Gasteiger partial charge in [-0.2, -0.15) is 0 Å². The fraction of sp³-hybridized carbons (Fsp3) is 0.171. The van der Waals surface area contributed by atoms with Crippen molar-refractivity contribution >= 4 is 5.69 Å². The standard InChI is InChI=1S/C35H34N2O4/c1-37(2)25-12-15-28(23-10-8-7-9-11-23)31(20-25)24-18-32(29-16-13-26(38-3)21-34(29)40-5)36-33(19-24)30-17-14-27(39-4)22-35(30)41-6/h7-22H,1-6H3. The fourth-order valence-corrected chi connectivity index (χ4v) is 4.90. The molecule has 6 heteroatoms. The molecule has 41 heavy (non-hydrogen) atoms. The highest BCUT2D eigenvalue weighted by Crippen LogP contribution is 2.42. The Balaban J connectivity index is 1.82. The van der Waals surface area contributed by atoms with E-state index in [4.69, 9.17) is 23.9 Å². The number of hydrogen-bond donors (Lipinski definition) is 0. The first kappa shape index (κ1) is 27.6. The van der Waals surface area contributed by atoms with Gasteiger partial charge in [-0.3, -0.25) is 0 Å². The Morgan fingerprint density at radius 1 is 0.488 bits per heavy atom. The monoisotopic (exact) mass is 546 g/mol. The van der Waals surface area contributed by atoms with Gasteiger partial charge in [0, 0.05) is 43.0 Å². The highest BCUT2D eigenvalue weighted by molar-refractivity contribution is 5.89. The van der Waals surface area contributed by atoms with Gasteiger partial charge < -0.3 is 23.8 Å². The van der Waals surface area contributed by atoms with Crippen LogP contribution in [0.15, 0.2) is 97.1 Å². The van der Waals surface area contributed by atoms with Gasteiger partial charge >= 0.3 is 0 Å². The van der Waals surface area contributed by atoms with Crippen molar-refractivity contribution in [1.82, 2.24) is 4.98 Å². The minimum absolute atomic E-state index is 0.673. The number of aromatic nitrogens is 1. The number of pyridine rings is 1. The second-order valence-corrected chi connectivity index (χ2v) is 9.75. The predicted octanol–water partition coefficient (Wildman–Crippen LogP) is 7.85. The number of hydrogen-bond acceptors (Lipinski definition) is 6. The lowest BCUT2D eigenvalue weighted by Crippen LogP contribution is -2.08. The molecule has 0 aliphatic heterocycles. The Kier molecular flexibility index (Phi) is 8.11. The summed E-state index contributed by atoms with van der Waals surface area (Å²) in [6, 6.07) is 32.8. The minimum Gasteiger partial charge on any atom is -0.497 e. The molecular weight excluding hydrogens is 512 g/mol. The lowest BCUT2D eigenvalue weighted by molar-refractivity contribution is 0.395. The average Bonchev–Trinajstić information content (AvgIpc) is 3.03. The molecule has 1 heterocycles. The highest BCUT2D eigenvalue weighted by atomic mass is 16.5. The van der Waals surface area contributed by atoms with Crippen molar-refractivity contribution in [2.45, 2.75) is 0 Å². The zero-order valence-electron chi connectivity index (χ0n) is 24.3. The summed E-state index contributed by atoms with van der Waals surface area (Å²) in [5.74, 6) is 2.77. The first-order chi connectivity index (χ1) is 19.9. The van der Waals surface area contributed by atoms with E-state index in [2.05, 4.69) is 73.6 Å². The Hall–Kier alpha value is -4.97. The van der Waals surface area contributed by atoms with Gasteiger partial charge in [0.25, 0.3) is 0 Å². The summed E-state index contributed by atoms with van der Waals surface area (Å²) in [4.78, 5) is 7.25. The van der Waals surface area contributed by atoms with Crippen LogP contribution in [0, 0.1) is 0 Å². The largest absolute Gasteiger partial charge is 0.497 e. The highest BCUT2D eigenvalue weighted by Gasteiger charge is 2.18. The van der Waals surface area contributed by atoms with Crippen molar-refractivity contribution in [3.05, 3.63) is 97.1 Å². The quantitative estimate of drug-likeness (QED) is 0.188. The van der Waals surface area contributed by atoms with E-state index in [-0.39, 0.29) is 0 Å². The van der Waals surface area contributed by atoms with Gasteiger partial charge in [0.05, 0.1) is 39.8 Å². The SMILES string of the molecule is COc1ccc(-c2cc(-c3cc(N(C)C)ccc3-c3ccccc3)cc(-c3ccc(OC)cc3OC)n2)c(OC)c1. The Bertz CT molecular complexity index is 1590. The molecule has 1 aromatic heterocycles. The molecule has 4 aromatic carbocycles. The van der Waals surface area contributed by atoms with Crippen LogP contribution in [0.3, 0.4) is 0 Å². The van der Waals surface area contributed by atoms with Crippen LogP contribution in [-0.4, -0.2) is 47.5 Å². The summed E-state index contributed by atoms with van der Waals surface area (Å²) >= 11 is 0. The van der Waals surface area contributed by atoms with Crippen molar-refractivity contribution in [1.29, 1.82) is 0 Å². The molecule has 6 nitrogen and oxygen atoms in total. The van der Waals surface area contributed by atoms with Crippen molar-refractivity contribution in [2.75, 3.05) is 47.4 Å². The van der Waals surface area contributed by atoms with Crippen molar-refractivity contribution in [3.8, 4) is 67.8 Å². The van der Waals surface area contributed by atoms with Crippen molar-refractivity contribution < 1.29 is 18.9 Å². The number of methoxy groups -OCH3 is 4. The smallest absolute Gasteiger partial charge is 0.131 e. The normalized spacial score (nSPS) is 10.7. The van der Waals surface area contributed by atoms with Crippen LogP contribution in [0.25, 0.3) is 44.8 Å². The third-order valence-electron chi connectivity index (χ3n) is 7.11.